The van der Waals surface area contributed by atoms with Crippen LogP contribution in [0.15, 0.2) is 22.9 Å². The van der Waals surface area contributed by atoms with Crippen molar-refractivity contribution in [3.05, 3.63) is 22.9 Å². The molecule has 2 unspecified atom stereocenters. The molecule has 0 bridgehead atoms. The molecule has 1 aliphatic rings. The number of nitrogens with two attached hydrogens (primary N) is 1. The van der Waals surface area contributed by atoms with Crippen LogP contribution in [0.25, 0.3) is 0 Å². The third-order valence-electron chi connectivity index (χ3n) is 4.31. The van der Waals surface area contributed by atoms with Crippen molar-refractivity contribution in [2.24, 2.45) is 23.5 Å². The van der Waals surface area contributed by atoms with E-state index in [9.17, 15) is 0 Å². The largest absolute Gasteiger partial charge is 0.399 e. The van der Waals surface area contributed by atoms with Crippen molar-refractivity contribution >= 4 is 0 Å². The molecular weight excluding hydrogens is 218 g/mol. The van der Waals surface area contributed by atoms with Crippen LogP contribution in [0.5, 0.6) is 0 Å². The fraction of sp³-hybridized carbons (Fsp3) is 0.765. The number of hydrogen-bond donors (Lipinski definition) is 1. The molecule has 1 saturated carbocycles. The smallest absolute Gasteiger partial charge is 0.0305 e. The molecule has 0 aliphatic heterocycles. The van der Waals surface area contributed by atoms with E-state index >= 15 is 0 Å². The van der Waals surface area contributed by atoms with E-state index in [2.05, 4.69) is 40.7 Å². The summed E-state index contributed by atoms with van der Waals surface area (Å²) in [6, 6.07) is 0. The van der Waals surface area contributed by atoms with Crippen LogP contribution >= 0.6 is 0 Å². The average molecular weight is 249 g/mol. The Bertz CT molecular complexity index is 321. The van der Waals surface area contributed by atoms with Gasteiger partial charge in [-0.1, -0.05) is 45.3 Å². The molecule has 0 spiro atoms. The summed E-state index contributed by atoms with van der Waals surface area (Å²) in [6.45, 7) is 11.4. The normalized spacial score (nSPS) is 21.5. The monoisotopic (exact) mass is 249 g/mol. The number of rotatable bonds is 7. The summed E-state index contributed by atoms with van der Waals surface area (Å²) in [6.07, 6.45) is 8.67. The van der Waals surface area contributed by atoms with E-state index in [4.69, 9.17) is 5.73 Å². The zero-order valence-electron chi connectivity index (χ0n) is 12.9. The van der Waals surface area contributed by atoms with Crippen LogP contribution in [-0.2, 0) is 0 Å². The molecule has 0 radical (unpaired) electrons. The molecule has 1 rings (SSSR count). The summed E-state index contributed by atoms with van der Waals surface area (Å²) in [5.41, 5.74) is 10.2. The van der Waals surface area contributed by atoms with Gasteiger partial charge in [0.05, 0.1) is 0 Å². The van der Waals surface area contributed by atoms with Crippen LogP contribution in [0.2, 0.25) is 0 Å². The Labute approximate surface area is 114 Å². The van der Waals surface area contributed by atoms with Gasteiger partial charge in [-0.3, -0.25) is 0 Å². The average Bonchev–Trinajstić information content (AvgIpc) is 3.13. The first-order valence-corrected chi connectivity index (χ1v) is 7.64. The molecule has 0 aromatic carbocycles. The summed E-state index contributed by atoms with van der Waals surface area (Å²) >= 11 is 0. The summed E-state index contributed by atoms with van der Waals surface area (Å²) < 4.78 is 0. The summed E-state index contributed by atoms with van der Waals surface area (Å²) in [5, 5.41) is 0. The maximum absolute atomic E-state index is 6.19. The van der Waals surface area contributed by atoms with Crippen molar-refractivity contribution in [1.29, 1.82) is 0 Å². The van der Waals surface area contributed by atoms with E-state index in [1.807, 2.05) is 0 Å². The molecule has 0 heterocycles. The highest BCUT2D eigenvalue weighted by Crippen LogP contribution is 2.42. The Morgan fingerprint density at radius 3 is 2.39 bits per heavy atom. The molecule has 0 amide bonds. The third-order valence-corrected chi connectivity index (χ3v) is 4.31. The molecule has 104 valence electrons. The second kappa shape index (κ2) is 7.01. The first kappa shape index (κ1) is 15.3. The Morgan fingerprint density at radius 1 is 1.33 bits per heavy atom. The third kappa shape index (κ3) is 4.19. The fourth-order valence-electron chi connectivity index (χ4n) is 2.97. The lowest BCUT2D eigenvalue weighted by Crippen LogP contribution is -2.11. The Morgan fingerprint density at radius 2 is 1.94 bits per heavy atom. The minimum Gasteiger partial charge on any atom is -0.399 e. The van der Waals surface area contributed by atoms with Gasteiger partial charge in [0.2, 0.25) is 0 Å². The molecule has 0 aromatic rings. The van der Waals surface area contributed by atoms with E-state index in [1.54, 1.807) is 0 Å². The van der Waals surface area contributed by atoms with Crippen LogP contribution in [0, 0.1) is 17.8 Å². The van der Waals surface area contributed by atoms with Crippen molar-refractivity contribution in [3.8, 4) is 0 Å². The maximum Gasteiger partial charge on any atom is 0.0305 e. The predicted octanol–water partition coefficient (Wildman–Crippen LogP) is 5.04. The zero-order valence-corrected chi connectivity index (χ0v) is 12.9. The molecule has 18 heavy (non-hydrogen) atoms. The van der Waals surface area contributed by atoms with Gasteiger partial charge >= 0.3 is 0 Å². The SMILES string of the molecule is C/C=C(N)\C(=C(\C)C(C)CC(C)CCC)C1CC1. The Hall–Kier alpha value is -0.720. The van der Waals surface area contributed by atoms with Crippen LogP contribution in [0.4, 0.5) is 0 Å². The minimum atomic E-state index is 0.667. The Kier molecular flexibility index (Phi) is 5.98. The highest BCUT2D eigenvalue weighted by molar-refractivity contribution is 5.37. The summed E-state index contributed by atoms with van der Waals surface area (Å²) in [5.74, 6) is 2.25. The topological polar surface area (TPSA) is 26.0 Å². The van der Waals surface area contributed by atoms with Gasteiger partial charge in [-0.2, -0.15) is 0 Å². The standard InChI is InChI=1S/C17H31N/c1-6-8-12(3)11-13(4)14(5)17(15-9-10-15)16(18)7-2/h7,12-13,15H,6,8-11,18H2,1-5H3/b16-7+,17-14-. The second-order valence-corrected chi connectivity index (χ2v) is 6.15. The molecule has 2 N–H and O–H groups in total. The van der Waals surface area contributed by atoms with E-state index in [0.717, 1.165) is 17.5 Å². The van der Waals surface area contributed by atoms with Crippen LogP contribution in [-0.4, -0.2) is 0 Å². The molecule has 1 nitrogen and oxygen atoms in total. The first-order valence-electron chi connectivity index (χ1n) is 7.64. The van der Waals surface area contributed by atoms with E-state index < -0.39 is 0 Å². The van der Waals surface area contributed by atoms with E-state index in [-0.39, 0.29) is 0 Å². The predicted molar refractivity (Wildman–Crippen MR) is 81.2 cm³/mol. The molecule has 2 atom stereocenters. The quantitative estimate of drug-likeness (QED) is 0.629. The molecule has 1 heteroatoms. The number of hydrogen-bond acceptors (Lipinski definition) is 1. The van der Waals surface area contributed by atoms with Crippen molar-refractivity contribution in [1.82, 2.24) is 0 Å². The van der Waals surface area contributed by atoms with Gasteiger partial charge in [-0.05, 0) is 56.4 Å². The van der Waals surface area contributed by atoms with Gasteiger partial charge in [0.15, 0.2) is 0 Å². The van der Waals surface area contributed by atoms with Crippen molar-refractivity contribution in [2.45, 2.75) is 66.7 Å². The first-order chi connectivity index (χ1) is 8.51. The van der Waals surface area contributed by atoms with Gasteiger partial charge in [0.25, 0.3) is 0 Å². The van der Waals surface area contributed by atoms with Crippen LogP contribution < -0.4 is 5.73 Å². The van der Waals surface area contributed by atoms with Gasteiger partial charge in [0.1, 0.15) is 0 Å². The van der Waals surface area contributed by atoms with E-state index in [1.165, 1.54) is 43.3 Å². The maximum atomic E-state index is 6.19. The summed E-state index contributed by atoms with van der Waals surface area (Å²) in [7, 11) is 0. The van der Waals surface area contributed by atoms with Crippen molar-refractivity contribution < 1.29 is 0 Å². The van der Waals surface area contributed by atoms with Gasteiger partial charge in [-0.15, -0.1) is 0 Å². The Balaban J connectivity index is 2.76. The number of allylic oxidation sites excluding steroid dienone is 3. The molecular formula is C17H31N. The van der Waals surface area contributed by atoms with Gasteiger partial charge < -0.3 is 5.73 Å². The van der Waals surface area contributed by atoms with E-state index in [0.29, 0.717) is 5.92 Å². The highest BCUT2D eigenvalue weighted by Gasteiger charge is 2.29. The lowest BCUT2D eigenvalue weighted by Gasteiger charge is -2.21. The minimum absolute atomic E-state index is 0.667. The molecule has 0 saturated heterocycles. The van der Waals surface area contributed by atoms with Crippen LogP contribution in [0.3, 0.4) is 0 Å². The molecule has 1 fully saturated rings. The van der Waals surface area contributed by atoms with Crippen molar-refractivity contribution in [2.75, 3.05) is 0 Å². The van der Waals surface area contributed by atoms with Gasteiger partial charge in [0, 0.05) is 5.70 Å². The molecule has 0 aromatic heterocycles. The summed E-state index contributed by atoms with van der Waals surface area (Å²) in [4.78, 5) is 0. The van der Waals surface area contributed by atoms with Crippen molar-refractivity contribution in [3.63, 3.8) is 0 Å². The lowest BCUT2D eigenvalue weighted by atomic mass is 9.85. The van der Waals surface area contributed by atoms with Crippen LogP contribution in [0.1, 0.15) is 66.7 Å². The lowest BCUT2D eigenvalue weighted by molar-refractivity contribution is 0.421. The highest BCUT2D eigenvalue weighted by atomic mass is 14.6. The fourth-order valence-corrected chi connectivity index (χ4v) is 2.97. The van der Waals surface area contributed by atoms with Gasteiger partial charge in [-0.25, -0.2) is 0 Å². The zero-order chi connectivity index (χ0) is 13.7. The molecule has 1 aliphatic carbocycles. The second-order valence-electron chi connectivity index (χ2n) is 6.15.